The third kappa shape index (κ3) is 13.0. The Morgan fingerprint density at radius 3 is 1.49 bits per heavy atom. The number of ether oxygens (including phenoxy) is 2. The van der Waals surface area contributed by atoms with E-state index in [1.165, 1.54) is 46.3 Å². The quantitative estimate of drug-likeness (QED) is 0.0849. The Kier molecular flexibility index (Phi) is 20.1. The first kappa shape index (κ1) is 64.2. The van der Waals surface area contributed by atoms with Crippen LogP contribution in [0.1, 0.15) is 90.5 Å². The van der Waals surface area contributed by atoms with Gasteiger partial charge in [-0.15, -0.1) is 12.4 Å². The second kappa shape index (κ2) is 27.3. The van der Waals surface area contributed by atoms with Crippen LogP contribution in [0.25, 0.3) is 55.7 Å². The number of fused-ring (bicyclic) bond motifs is 4. The molecule has 3 N–H and O–H groups in total. The van der Waals surface area contributed by atoms with E-state index in [1.54, 1.807) is 25.2 Å². The number of nitrogens with one attached hydrogen (secondary N) is 3. The molecule has 4 aromatic carbocycles. The van der Waals surface area contributed by atoms with Crippen molar-refractivity contribution in [2.45, 2.75) is 98.6 Å². The molecule has 2 aliphatic heterocycles. The van der Waals surface area contributed by atoms with Crippen molar-refractivity contribution in [3.8, 4) is 51.5 Å². The summed E-state index contributed by atoms with van der Waals surface area (Å²) in [5.41, 5.74) is 15.1. The van der Waals surface area contributed by atoms with Crippen LogP contribution in [0.5, 0.6) is 11.5 Å². The first-order valence-corrected chi connectivity index (χ1v) is 27.9. The lowest BCUT2D eigenvalue weighted by atomic mass is 9.97. The molecule has 0 radical (unpaired) electrons. The van der Waals surface area contributed by atoms with Crippen LogP contribution in [-0.4, -0.2) is 66.8 Å². The summed E-state index contributed by atoms with van der Waals surface area (Å²) in [5.74, 6) is -2.69. The van der Waals surface area contributed by atoms with Crippen LogP contribution in [0.4, 0.5) is 45.3 Å². The van der Waals surface area contributed by atoms with Crippen LogP contribution < -0.4 is 19.7 Å². The second-order valence-corrected chi connectivity index (χ2v) is 20.1. The summed E-state index contributed by atoms with van der Waals surface area (Å²) in [5, 5.41) is 23.3. The highest BCUT2D eigenvalue weighted by molar-refractivity contribution is 6.00. The van der Waals surface area contributed by atoms with Crippen molar-refractivity contribution in [2.75, 3.05) is 32.2 Å². The minimum absolute atomic E-state index is 0. The SMILES string of the molecule is CC#N.CCc1cccc(CC)c1-n1nc2c(c1-c1ccc(OC)c3[nH]ccc13)CN(c1ncc(C(F)(F)F)cc1F)CC2.CCc1cccc(CC)c1-n1nc2c(c1-c1ccc(OC)c3[nH]ccc13)CNCC2.Cl.Fc1cc(C(F)(F)F)cnc1F. The first-order chi connectivity index (χ1) is 41.3. The Bertz CT molecular complexity index is 4060. The van der Waals surface area contributed by atoms with Gasteiger partial charge < -0.3 is 29.7 Å². The summed E-state index contributed by atoms with van der Waals surface area (Å²) in [4.78, 5) is 14.8. The van der Waals surface area contributed by atoms with E-state index in [9.17, 15) is 35.1 Å². The number of methoxy groups -OCH3 is 2. The highest BCUT2D eigenvalue weighted by atomic mass is 35.5. The van der Waals surface area contributed by atoms with Crippen molar-refractivity contribution in [3.63, 3.8) is 0 Å². The molecular formula is C64H63ClF9N11O2. The van der Waals surface area contributed by atoms with E-state index >= 15 is 4.39 Å². The van der Waals surface area contributed by atoms with Gasteiger partial charge in [-0.2, -0.15) is 46.2 Å². The maximum Gasteiger partial charge on any atom is 0.417 e. The number of alkyl halides is 6. The summed E-state index contributed by atoms with van der Waals surface area (Å²) in [7, 11) is 3.34. The summed E-state index contributed by atoms with van der Waals surface area (Å²) in [6, 6.07) is 27.5. The van der Waals surface area contributed by atoms with E-state index in [-0.39, 0.29) is 37.0 Å². The molecule has 10 aromatic rings. The lowest BCUT2D eigenvalue weighted by Crippen LogP contribution is -2.32. The number of H-pyrrole nitrogens is 2. The van der Waals surface area contributed by atoms with E-state index in [0.29, 0.717) is 31.0 Å². The summed E-state index contributed by atoms with van der Waals surface area (Å²) < 4.78 is 130. The zero-order valence-electron chi connectivity index (χ0n) is 48.7. The first-order valence-electron chi connectivity index (χ1n) is 27.9. The number of nitriles is 1. The van der Waals surface area contributed by atoms with E-state index in [0.717, 1.165) is 112 Å². The molecule has 456 valence electrons. The number of hydrogen-bond acceptors (Lipinski definition) is 9. The molecule has 0 unspecified atom stereocenters. The van der Waals surface area contributed by atoms with Gasteiger partial charge in [0, 0.05) is 104 Å². The number of aromatic amines is 2. The number of halogens is 10. The maximum atomic E-state index is 15.0. The summed E-state index contributed by atoms with van der Waals surface area (Å²) in [6.45, 7) is 12.5. The van der Waals surface area contributed by atoms with Gasteiger partial charge in [0.05, 0.1) is 76.6 Å². The van der Waals surface area contributed by atoms with Crippen LogP contribution in [0, 0.1) is 28.9 Å². The second-order valence-electron chi connectivity index (χ2n) is 20.1. The van der Waals surface area contributed by atoms with Crippen LogP contribution in [0.3, 0.4) is 0 Å². The van der Waals surface area contributed by atoms with Crippen molar-refractivity contribution in [3.05, 3.63) is 183 Å². The number of nitrogens with zero attached hydrogens (tertiary/aromatic N) is 8. The summed E-state index contributed by atoms with van der Waals surface area (Å²) >= 11 is 0. The third-order valence-electron chi connectivity index (χ3n) is 15.2. The van der Waals surface area contributed by atoms with E-state index in [1.807, 2.05) is 35.3 Å². The van der Waals surface area contributed by atoms with Gasteiger partial charge in [0.25, 0.3) is 0 Å². The Balaban J connectivity index is 0.000000186. The molecule has 0 saturated carbocycles. The number of hydrogen-bond donors (Lipinski definition) is 3. The fourth-order valence-electron chi connectivity index (χ4n) is 11.1. The fourth-order valence-corrected chi connectivity index (χ4v) is 11.1. The Labute approximate surface area is 502 Å². The molecule has 8 heterocycles. The van der Waals surface area contributed by atoms with Crippen molar-refractivity contribution in [1.82, 2.24) is 44.8 Å². The van der Waals surface area contributed by atoms with Gasteiger partial charge in [-0.05, 0) is 96.5 Å². The van der Waals surface area contributed by atoms with Gasteiger partial charge >= 0.3 is 12.4 Å². The van der Waals surface area contributed by atoms with Gasteiger partial charge in [-0.3, -0.25) is 0 Å². The van der Waals surface area contributed by atoms with E-state index in [2.05, 4.69) is 112 Å². The number of aromatic nitrogens is 8. The lowest BCUT2D eigenvalue weighted by molar-refractivity contribution is -0.138. The highest BCUT2D eigenvalue weighted by Crippen LogP contribution is 2.43. The smallest absolute Gasteiger partial charge is 0.417 e. The Morgan fingerprint density at radius 2 is 1.06 bits per heavy atom. The highest BCUT2D eigenvalue weighted by Gasteiger charge is 2.35. The Hall–Kier alpha value is -8.81. The van der Waals surface area contributed by atoms with Gasteiger partial charge in [-0.25, -0.2) is 28.1 Å². The average molecular weight is 1220 g/mol. The molecule has 87 heavy (non-hydrogen) atoms. The minimum atomic E-state index is -4.69. The van der Waals surface area contributed by atoms with E-state index in [4.69, 9.17) is 24.9 Å². The zero-order valence-corrected chi connectivity index (χ0v) is 49.5. The van der Waals surface area contributed by atoms with Crippen LogP contribution in [0.2, 0.25) is 0 Å². The molecule has 0 amide bonds. The zero-order chi connectivity index (χ0) is 61.6. The normalized spacial score (nSPS) is 12.8. The molecule has 2 aliphatic rings. The minimum Gasteiger partial charge on any atom is -0.495 e. The maximum absolute atomic E-state index is 15.0. The van der Waals surface area contributed by atoms with Crippen LogP contribution in [0.15, 0.2) is 110 Å². The molecule has 0 bridgehead atoms. The molecule has 0 spiro atoms. The van der Waals surface area contributed by atoms with Crippen molar-refractivity contribution in [2.24, 2.45) is 0 Å². The monoisotopic (exact) mass is 1220 g/mol. The predicted octanol–water partition coefficient (Wildman–Crippen LogP) is 15.4. The molecule has 0 aliphatic carbocycles. The number of benzene rings is 4. The number of pyridine rings is 2. The Morgan fingerprint density at radius 1 is 0.609 bits per heavy atom. The van der Waals surface area contributed by atoms with Crippen molar-refractivity contribution in [1.29, 1.82) is 5.26 Å². The molecule has 6 aromatic heterocycles. The number of rotatable bonds is 11. The molecule has 0 atom stereocenters. The summed E-state index contributed by atoms with van der Waals surface area (Å²) in [6.07, 6.45) is 0.420. The molecule has 0 saturated heterocycles. The third-order valence-corrected chi connectivity index (χ3v) is 15.2. The average Bonchev–Trinajstić information content (AvgIpc) is 1.65. The predicted molar refractivity (Wildman–Crippen MR) is 319 cm³/mol. The van der Waals surface area contributed by atoms with Gasteiger partial charge in [0.1, 0.15) is 11.5 Å². The number of anilines is 1. The lowest BCUT2D eigenvalue weighted by Gasteiger charge is -2.28. The van der Waals surface area contributed by atoms with Crippen LogP contribution >= 0.6 is 12.4 Å². The topological polar surface area (TPSA) is 151 Å². The van der Waals surface area contributed by atoms with Crippen molar-refractivity contribution < 1.29 is 49.0 Å². The van der Waals surface area contributed by atoms with E-state index < -0.39 is 41.1 Å². The van der Waals surface area contributed by atoms with Gasteiger partial charge in [0.15, 0.2) is 17.5 Å². The van der Waals surface area contributed by atoms with Gasteiger partial charge in [0.2, 0.25) is 5.95 Å². The molecule has 12 rings (SSSR count). The van der Waals surface area contributed by atoms with Crippen molar-refractivity contribution >= 4 is 40.0 Å². The van der Waals surface area contributed by atoms with Gasteiger partial charge in [-0.1, -0.05) is 64.1 Å². The molecular weight excluding hydrogens is 1160 g/mol. The van der Waals surface area contributed by atoms with Crippen LogP contribution in [-0.2, 0) is 64.0 Å². The molecule has 23 heteroatoms. The fraction of sp³-hybridized carbons (Fsp3) is 0.297. The number of aryl methyl sites for hydroxylation is 4. The largest absolute Gasteiger partial charge is 0.495 e. The molecule has 0 fully saturated rings. The number of para-hydroxylation sites is 2. The standard InChI is InChI=1S/C31H29F4N5O.C25H28N4O.C6H2F5N.C2H3N.ClH/c1-4-18-7-6-8-19(5-2)28(18)40-29(22-9-10-26(41-3)27-21(22)11-13-36-27)23-17-39(14-12-25(23)38-40)30-24(32)15-20(16-37-30)31(33,34)35;1-4-16-7-6-8-17(5-2)24(16)29-25(20-15-26-13-12-21(20)28-29)19-9-10-22(30-3)23-18(19)11-14-27-23;7-4-1-3(6(9,10)11)2-12-5(4)8;1-2-3;/h6-11,13,15-16,36H,4-5,12,14,17H2,1-3H3;6-11,14,26-27H,4-5,12-13,15H2,1-3H3;1-2H;1H3;1H. The molecule has 13 nitrogen and oxygen atoms in total.